The number of rotatable bonds is 8. The highest BCUT2D eigenvalue weighted by Crippen LogP contribution is 2.18. The molecule has 1 aliphatic heterocycles. The van der Waals surface area contributed by atoms with Crippen LogP contribution in [0.15, 0.2) is 29.2 Å². The second-order valence-corrected chi connectivity index (χ2v) is 10.1. The molecule has 0 amide bonds. The SMILES string of the molecule is CCCCS(=O)(=O)Nc1ccc(S(=O)(=O)NC2CCNC(C)C2)cc1. The topological polar surface area (TPSA) is 104 Å². The van der Waals surface area contributed by atoms with E-state index in [1.165, 1.54) is 24.3 Å². The first-order valence-corrected chi connectivity index (χ1v) is 11.7. The average molecular weight is 390 g/mol. The van der Waals surface area contributed by atoms with Crippen molar-refractivity contribution in [2.45, 2.75) is 56.5 Å². The molecule has 2 atom stereocenters. The summed E-state index contributed by atoms with van der Waals surface area (Å²) in [6.45, 7) is 4.73. The molecule has 25 heavy (non-hydrogen) atoms. The summed E-state index contributed by atoms with van der Waals surface area (Å²) >= 11 is 0. The Kier molecular flexibility index (Phi) is 6.84. The Morgan fingerprint density at radius 1 is 1.16 bits per heavy atom. The number of nitrogens with one attached hydrogen (secondary N) is 3. The van der Waals surface area contributed by atoms with Gasteiger partial charge in [-0.1, -0.05) is 13.3 Å². The van der Waals surface area contributed by atoms with Gasteiger partial charge in [0.1, 0.15) is 0 Å². The maximum atomic E-state index is 12.5. The molecule has 2 unspecified atom stereocenters. The zero-order chi connectivity index (χ0) is 18.5. The van der Waals surface area contributed by atoms with E-state index in [1.54, 1.807) is 0 Å². The molecule has 0 bridgehead atoms. The van der Waals surface area contributed by atoms with Crippen molar-refractivity contribution in [2.24, 2.45) is 0 Å². The molecule has 0 aromatic heterocycles. The Hall–Kier alpha value is -1.16. The zero-order valence-electron chi connectivity index (χ0n) is 14.7. The molecule has 1 aliphatic rings. The first-order chi connectivity index (χ1) is 11.7. The maximum Gasteiger partial charge on any atom is 0.240 e. The molecule has 2 rings (SSSR count). The minimum absolute atomic E-state index is 0.0546. The minimum Gasteiger partial charge on any atom is -0.314 e. The summed E-state index contributed by atoms with van der Waals surface area (Å²) in [7, 11) is -7.01. The van der Waals surface area contributed by atoms with Gasteiger partial charge in [-0.05, 0) is 57.0 Å². The highest BCUT2D eigenvalue weighted by Gasteiger charge is 2.24. The molecule has 1 fully saturated rings. The van der Waals surface area contributed by atoms with Crippen LogP contribution in [0.5, 0.6) is 0 Å². The number of hydrogen-bond acceptors (Lipinski definition) is 5. The van der Waals surface area contributed by atoms with E-state index in [9.17, 15) is 16.8 Å². The van der Waals surface area contributed by atoms with Crippen molar-refractivity contribution in [3.8, 4) is 0 Å². The minimum atomic E-state index is -3.61. The van der Waals surface area contributed by atoms with Gasteiger partial charge in [0.15, 0.2) is 0 Å². The molecule has 0 aliphatic carbocycles. The van der Waals surface area contributed by atoms with Crippen LogP contribution in [-0.2, 0) is 20.0 Å². The van der Waals surface area contributed by atoms with Gasteiger partial charge < -0.3 is 5.32 Å². The van der Waals surface area contributed by atoms with E-state index in [2.05, 4.69) is 14.8 Å². The van der Waals surface area contributed by atoms with Crippen LogP contribution in [0.3, 0.4) is 0 Å². The van der Waals surface area contributed by atoms with Gasteiger partial charge in [-0.15, -0.1) is 0 Å². The lowest BCUT2D eigenvalue weighted by atomic mass is 10.0. The number of benzene rings is 1. The predicted octanol–water partition coefficient (Wildman–Crippen LogP) is 1.65. The molecule has 0 radical (unpaired) electrons. The van der Waals surface area contributed by atoms with Crippen molar-refractivity contribution in [3.63, 3.8) is 0 Å². The van der Waals surface area contributed by atoms with E-state index in [-0.39, 0.29) is 22.7 Å². The second kappa shape index (κ2) is 8.48. The van der Waals surface area contributed by atoms with Crippen molar-refractivity contribution in [1.29, 1.82) is 0 Å². The molecule has 1 heterocycles. The lowest BCUT2D eigenvalue weighted by Gasteiger charge is -2.28. The zero-order valence-corrected chi connectivity index (χ0v) is 16.3. The second-order valence-electron chi connectivity index (χ2n) is 6.50. The number of anilines is 1. The fourth-order valence-corrected chi connectivity index (χ4v) is 5.34. The lowest BCUT2D eigenvalue weighted by molar-refractivity contribution is 0.361. The largest absolute Gasteiger partial charge is 0.314 e. The highest BCUT2D eigenvalue weighted by atomic mass is 32.2. The van der Waals surface area contributed by atoms with Crippen LogP contribution < -0.4 is 14.8 Å². The normalized spacial score (nSPS) is 21.8. The van der Waals surface area contributed by atoms with E-state index in [0.717, 1.165) is 25.8 Å². The monoisotopic (exact) mass is 389 g/mol. The quantitative estimate of drug-likeness (QED) is 0.627. The van der Waals surface area contributed by atoms with Crippen LogP contribution in [-0.4, -0.2) is 41.2 Å². The smallest absolute Gasteiger partial charge is 0.240 e. The fourth-order valence-electron chi connectivity index (χ4n) is 2.79. The third-order valence-corrected chi connectivity index (χ3v) is 7.06. The number of unbranched alkanes of at least 4 members (excludes halogenated alkanes) is 1. The summed E-state index contributed by atoms with van der Waals surface area (Å²) in [5.74, 6) is 0.0546. The van der Waals surface area contributed by atoms with E-state index in [1.807, 2.05) is 13.8 Å². The first-order valence-electron chi connectivity index (χ1n) is 8.58. The van der Waals surface area contributed by atoms with Gasteiger partial charge in [-0.25, -0.2) is 21.6 Å². The number of hydrogen-bond donors (Lipinski definition) is 3. The third kappa shape index (κ3) is 6.25. The van der Waals surface area contributed by atoms with E-state index in [4.69, 9.17) is 0 Å². The van der Waals surface area contributed by atoms with E-state index >= 15 is 0 Å². The van der Waals surface area contributed by atoms with Crippen LogP contribution in [0, 0.1) is 0 Å². The lowest BCUT2D eigenvalue weighted by Crippen LogP contribution is -2.46. The fraction of sp³-hybridized carbons (Fsp3) is 0.625. The Bertz CT molecular complexity index is 761. The summed E-state index contributed by atoms with van der Waals surface area (Å²) in [6.07, 6.45) is 2.87. The molecule has 0 saturated carbocycles. The summed E-state index contributed by atoms with van der Waals surface area (Å²) < 4.78 is 53.9. The molecule has 1 aromatic carbocycles. The number of sulfonamides is 2. The van der Waals surface area contributed by atoms with Gasteiger partial charge in [-0.2, -0.15) is 0 Å². The highest BCUT2D eigenvalue weighted by molar-refractivity contribution is 7.92. The summed E-state index contributed by atoms with van der Waals surface area (Å²) in [5, 5.41) is 3.28. The van der Waals surface area contributed by atoms with E-state index in [0.29, 0.717) is 12.1 Å². The summed E-state index contributed by atoms with van der Waals surface area (Å²) in [6, 6.07) is 5.98. The predicted molar refractivity (Wildman–Crippen MR) is 99.6 cm³/mol. The molecular formula is C16H27N3O4S2. The molecule has 1 saturated heterocycles. The molecular weight excluding hydrogens is 362 g/mol. The first kappa shape index (κ1) is 20.2. The van der Waals surface area contributed by atoms with Crippen LogP contribution >= 0.6 is 0 Å². The molecule has 9 heteroatoms. The van der Waals surface area contributed by atoms with Crippen LogP contribution in [0.2, 0.25) is 0 Å². The molecule has 1 aromatic rings. The third-order valence-electron chi connectivity index (χ3n) is 4.15. The Morgan fingerprint density at radius 3 is 2.44 bits per heavy atom. The maximum absolute atomic E-state index is 12.5. The van der Waals surface area contributed by atoms with Gasteiger partial charge in [0.05, 0.1) is 10.6 Å². The van der Waals surface area contributed by atoms with Crippen LogP contribution in [0.4, 0.5) is 5.69 Å². The van der Waals surface area contributed by atoms with Crippen molar-refractivity contribution in [1.82, 2.24) is 10.0 Å². The Morgan fingerprint density at radius 2 is 1.84 bits per heavy atom. The van der Waals surface area contributed by atoms with Gasteiger partial charge >= 0.3 is 0 Å². The van der Waals surface area contributed by atoms with Gasteiger partial charge in [0.2, 0.25) is 20.0 Å². The van der Waals surface area contributed by atoms with Crippen LogP contribution in [0.25, 0.3) is 0 Å². The van der Waals surface area contributed by atoms with E-state index < -0.39 is 20.0 Å². The summed E-state index contributed by atoms with van der Waals surface area (Å²) in [5.41, 5.74) is 0.366. The van der Waals surface area contributed by atoms with Gasteiger partial charge in [0.25, 0.3) is 0 Å². The van der Waals surface area contributed by atoms with Crippen molar-refractivity contribution >= 4 is 25.7 Å². The van der Waals surface area contributed by atoms with Crippen molar-refractivity contribution in [3.05, 3.63) is 24.3 Å². The molecule has 142 valence electrons. The van der Waals surface area contributed by atoms with Crippen molar-refractivity contribution in [2.75, 3.05) is 17.0 Å². The van der Waals surface area contributed by atoms with Gasteiger partial charge in [-0.3, -0.25) is 4.72 Å². The van der Waals surface area contributed by atoms with Crippen molar-refractivity contribution < 1.29 is 16.8 Å². The van der Waals surface area contributed by atoms with Crippen LogP contribution in [0.1, 0.15) is 39.5 Å². The Balaban J connectivity index is 2.03. The Labute approximate surface area is 150 Å². The summed E-state index contributed by atoms with van der Waals surface area (Å²) in [4.78, 5) is 0.134. The average Bonchev–Trinajstić information content (AvgIpc) is 2.53. The molecule has 7 nitrogen and oxygen atoms in total. The number of piperidine rings is 1. The molecule has 0 spiro atoms. The van der Waals surface area contributed by atoms with Gasteiger partial charge in [0, 0.05) is 17.8 Å². The standard InChI is InChI=1S/C16H27N3O4S2/c1-3-4-11-24(20,21)18-14-5-7-16(8-6-14)25(22,23)19-15-9-10-17-13(2)12-15/h5-8,13,15,17-19H,3-4,9-12H2,1-2H3. The molecule has 3 N–H and O–H groups in total.